The summed E-state index contributed by atoms with van der Waals surface area (Å²) in [7, 11) is -1.58. The van der Waals surface area contributed by atoms with E-state index in [0.29, 0.717) is 39.9 Å². The SMILES string of the molecule is CNC(=O)c1c(C2=CC=C(F)CC2)oc2cc(N(C)S(C)(=O)=O)c(B3OC(C)(C)C(C)(C)O3)cc12. The number of amides is 1. The van der Waals surface area contributed by atoms with E-state index in [1.54, 1.807) is 18.2 Å². The van der Waals surface area contributed by atoms with Crippen LogP contribution in [0.5, 0.6) is 0 Å². The van der Waals surface area contributed by atoms with Gasteiger partial charge in [-0.3, -0.25) is 9.10 Å². The number of rotatable bonds is 5. The summed E-state index contributed by atoms with van der Waals surface area (Å²) in [4.78, 5) is 13.0. The summed E-state index contributed by atoms with van der Waals surface area (Å²) in [5.74, 6) is -0.299. The molecule has 0 spiro atoms. The van der Waals surface area contributed by atoms with Gasteiger partial charge in [0.05, 0.1) is 28.7 Å². The van der Waals surface area contributed by atoms with Crippen LogP contribution >= 0.6 is 0 Å². The number of halogens is 1. The molecule has 8 nitrogen and oxygen atoms in total. The van der Waals surface area contributed by atoms with Crippen molar-refractivity contribution in [1.82, 2.24) is 5.32 Å². The van der Waals surface area contributed by atoms with Crippen molar-refractivity contribution in [1.29, 1.82) is 0 Å². The van der Waals surface area contributed by atoms with Crippen LogP contribution in [0.15, 0.2) is 34.5 Å². The van der Waals surface area contributed by atoms with Crippen LogP contribution in [-0.2, 0) is 19.3 Å². The molecular weight excluding hydrogens is 474 g/mol. The van der Waals surface area contributed by atoms with Gasteiger partial charge in [-0.1, -0.05) is 6.08 Å². The summed E-state index contributed by atoms with van der Waals surface area (Å²) in [5, 5.41) is 3.12. The second kappa shape index (κ2) is 8.49. The first-order valence-corrected chi connectivity index (χ1v) is 13.2. The number of carbonyl (C=O) groups excluding carboxylic acids is 1. The van der Waals surface area contributed by atoms with Gasteiger partial charge in [0.2, 0.25) is 10.0 Å². The second-order valence-electron chi connectivity index (χ2n) is 9.92. The summed E-state index contributed by atoms with van der Waals surface area (Å²) < 4.78 is 58.3. The number of nitrogens with one attached hydrogen (secondary N) is 1. The lowest BCUT2D eigenvalue weighted by molar-refractivity contribution is 0.00578. The molecule has 1 aliphatic heterocycles. The van der Waals surface area contributed by atoms with Gasteiger partial charge in [-0.15, -0.1) is 0 Å². The maximum Gasteiger partial charge on any atom is 0.497 e. The summed E-state index contributed by atoms with van der Waals surface area (Å²) >= 11 is 0. The minimum absolute atomic E-state index is 0.206. The predicted molar refractivity (Wildman–Crippen MR) is 135 cm³/mol. The molecule has 1 aliphatic carbocycles. The van der Waals surface area contributed by atoms with Gasteiger partial charge >= 0.3 is 7.12 Å². The second-order valence-corrected chi connectivity index (χ2v) is 11.9. The Morgan fingerprint density at radius 1 is 1.11 bits per heavy atom. The number of sulfonamides is 1. The van der Waals surface area contributed by atoms with Crippen LogP contribution < -0.4 is 15.1 Å². The average Bonchev–Trinajstić information content (AvgIpc) is 3.24. The molecule has 0 unspecified atom stereocenters. The van der Waals surface area contributed by atoms with Gasteiger partial charge in [-0.25, -0.2) is 12.8 Å². The summed E-state index contributed by atoms with van der Waals surface area (Å²) in [6.45, 7) is 7.61. The van der Waals surface area contributed by atoms with Crippen LogP contribution in [-0.4, -0.2) is 53.0 Å². The van der Waals surface area contributed by atoms with Crippen LogP contribution in [0.2, 0.25) is 0 Å². The van der Waals surface area contributed by atoms with E-state index in [9.17, 15) is 17.6 Å². The topological polar surface area (TPSA) is 98.1 Å². The fourth-order valence-electron chi connectivity index (χ4n) is 4.14. The summed E-state index contributed by atoms with van der Waals surface area (Å²) in [6.07, 6.45) is 4.63. The molecule has 1 aromatic carbocycles. The van der Waals surface area contributed by atoms with Crippen molar-refractivity contribution in [2.24, 2.45) is 0 Å². The molecule has 1 amide bonds. The Balaban J connectivity index is 2.00. The molecular formula is C24H30BFN2O6S. The van der Waals surface area contributed by atoms with Crippen molar-refractivity contribution in [2.45, 2.75) is 51.7 Å². The Bertz CT molecular complexity index is 1360. The highest BCUT2D eigenvalue weighted by Gasteiger charge is 2.52. The average molecular weight is 504 g/mol. The van der Waals surface area contributed by atoms with Gasteiger partial charge in [0, 0.05) is 37.4 Å². The maximum absolute atomic E-state index is 13.6. The molecule has 1 aromatic heterocycles. The zero-order valence-corrected chi connectivity index (χ0v) is 21.8. The first-order chi connectivity index (χ1) is 16.2. The van der Waals surface area contributed by atoms with E-state index in [-0.39, 0.29) is 23.7 Å². The monoisotopic (exact) mass is 504 g/mol. The summed E-state index contributed by atoms with van der Waals surface area (Å²) in [6, 6.07) is 3.26. The minimum Gasteiger partial charge on any atom is -0.455 e. The zero-order chi connectivity index (χ0) is 25.9. The first kappa shape index (κ1) is 25.5. The molecule has 11 heteroatoms. The predicted octanol–water partition coefficient (Wildman–Crippen LogP) is 3.52. The molecule has 0 bridgehead atoms. The molecule has 35 heavy (non-hydrogen) atoms. The van der Waals surface area contributed by atoms with Gasteiger partial charge in [0.15, 0.2) is 0 Å². The Morgan fingerprint density at radius 3 is 2.26 bits per heavy atom. The minimum atomic E-state index is -3.64. The molecule has 1 saturated heterocycles. The van der Waals surface area contributed by atoms with Crippen LogP contribution in [0.4, 0.5) is 10.1 Å². The van der Waals surface area contributed by atoms with Crippen molar-refractivity contribution in [2.75, 3.05) is 24.7 Å². The van der Waals surface area contributed by atoms with E-state index < -0.39 is 28.3 Å². The zero-order valence-electron chi connectivity index (χ0n) is 21.0. The number of hydrogen-bond donors (Lipinski definition) is 1. The number of carbonyl (C=O) groups is 1. The molecule has 2 heterocycles. The number of fused-ring (bicyclic) bond motifs is 1. The maximum atomic E-state index is 13.6. The normalized spacial score (nSPS) is 19.5. The van der Waals surface area contributed by atoms with Crippen LogP contribution in [0, 0.1) is 0 Å². The van der Waals surface area contributed by atoms with Crippen molar-refractivity contribution in [3.63, 3.8) is 0 Å². The lowest BCUT2D eigenvalue weighted by Crippen LogP contribution is -2.41. The molecule has 4 rings (SSSR count). The van der Waals surface area contributed by atoms with E-state index in [1.165, 1.54) is 20.2 Å². The molecule has 0 atom stereocenters. The Labute approximate surface area is 205 Å². The highest BCUT2D eigenvalue weighted by atomic mass is 32.2. The molecule has 188 valence electrons. The fraction of sp³-hybridized carbons (Fsp3) is 0.458. The largest absolute Gasteiger partial charge is 0.497 e. The smallest absolute Gasteiger partial charge is 0.455 e. The first-order valence-electron chi connectivity index (χ1n) is 11.3. The van der Waals surface area contributed by atoms with Gasteiger partial charge < -0.3 is 19.0 Å². The van der Waals surface area contributed by atoms with Crippen molar-refractivity contribution in [3.05, 3.63) is 41.4 Å². The van der Waals surface area contributed by atoms with Crippen molar-refractivity contribution >= 4 is 50.7 Å². The third kappa shape index (κ3) is 4.41. The van der Waals surface area contributed by atoms with E-state index in [2.05, 4.69) is 5.32 Å². The van der Waals surface area contributed by atoms with Crippen LogP contribution in [0.25, 0.3) is 16.5 Å². The molecule has 2 aromatic rings. The number of allylic oxidation sites excluding steroid dienone is 4. The van der Waals surface area contributed by atoms with E-state index in [4.69, 9.17) is 13.7 Å². The molecule has 1 fully saturated rings. The van der Waals surface area contributed by atoms with Gasteiger partial charge in [0.1, 0.15) is 17.2 Å². The number of benzene rings is 1. The number of hydrogen-bond acceptors (Lipinski definition) is 6. The number of nitrogens with zero attached hydrogens (tertiary/aromatic N) is 1. The highest BCUT2D eigenvalue weighted by molar-refractivity contribution is 7.92. The Kier molecular flexibility index (Phi) is 6.18. The molecule has 2 aliphatic rings. The number of furan rings is 1. The summed E-state index contributed by atoms with van der Waals surface area (Å²) in [5.41, 5.74) is 0.716. The van der Waals surface area contributed by atoms with Crippen molar-refractivity contribution in [3.8, 4) is 0 Å². The third-order valence-electron chi connectivity index (χ3n) is 7.03. The van der Waals surface area contributed by atoms with Crippen LogP contribution in [0.3, 0.4) is 0 Å². The van der Waals surface area contributed by atoms with Gasteiger partial charge in [-0.05, 0) is 51.8 Å². The van der Waals surface area contributed by atoms with Gasteiger partial charge in [-0.2, -0.15) is 0 Å². The molecule has 1 N–H and O–H groups in total. The van der Waals surface area contributed by atoms with E-state index >= 15 is 0 Å². The lowest BCUT2D eigenvalue weighted by atomic mass is 9.77. The Hall–Kier alpha value is -2.63. The third-order valence-corrected chi connectivity index (χ3v) is 8.22. The van der Waals surface area contributed by atoms with E-state index in [0.717, 1.165) is 10.6 Å². The highest BCUT2D eigenvalue weighted by Crippen LogP contribution is 2.40. The van der Waals surface area contributed by atoms with Crippen LogP contribution in [0.1, 0.15) is 56.7 Å². The fourth-order valence-corrected chi connectivity index (χ4v) is 4.65. The van der Waals surface area contributed by atoms with E-state index in [1.807, 2.05) is 27.7 Å². The Morgan fingerprint density at radius 2 is 1.74 bits per heavy atom. The van der Waals surface area contributed by atoms with Gasteiger partial charge in [0.25, 0.3) is 5.91 Å². The molecule has 0 radical (unpaired) electrons. The lowest BCUT2D eigenvalue weighted by Gasteiger charge is -2.32. The number of anilines is 1. The van der Waals surface area contributed by atoms with Crippen molar-refractivity contribution < 1.29 is 31.3 Å². The standard InChI is InChI=1S/C24H30BFN2O6S/c1-23(2)24(3,4)34-25(33-23)17-12-16-19(13-18(17)28(6)35(7,30)31)32-21(20(16)22(29)27-5)14-8-10-15(26)11-9-14/h8,10,12-13H,9,11H2,1-7H3,(H,27,29). The quantitative estimate of drug-likeness (QED) is 0.626. The molecule has 0 saturated carbocycles.